The summed E-state index contributed by atoms with van der Waals surface area (Å²) in [4.78, 5) is 21.0. The predicted octanol–water partition coefficient (Wildman–Crippen LogP) is 1.73. The molecule has 3 heterocycles. The van der Waals surface area contributed by atoms with Crippen LogP contribution < -0.4 is 10.1 Å². The van der Waals surface area contributed by atoms with E-state index < -0.39 is 30.8 Å². The predicted molar refractivity (Wildman–Crippen MR) is 139 cm³/mol. The Hall–Kier alpha value is -4.09. The van der Waals surface area contributed by atoms with Crippen molar-refractivity contribution in [1.82, 2.24) is 29.5 Å². The van der Waals surface area contributed by atoms with E-state index in [9.17, 15) is 18.0 Å². The monoisotopic (exact) mass is 594 g/mol. The first-order valence-electron chi connectivity index (χ1n) is 12.8. The van der Waals surface area contributed by atoms with Crippen molar-refractivity contribution in [3.8, 4) is 22.9 Å². The number of aryl methyl sites for hydroxylation is 2. The average molecular weight is 595 g/mol. The van der Waals surface area contributed by atoms with E-state index in [1.54, 1.807) is 18.2 Å². The first-order chi connectivity index (χ1) is 19.9. The standard InChI is InChI=1S/C26H29F3N6O7/c1-2-16-13-17(3-4-18(16)23(37)30-7-11-41-12-10-36)42-24-22-32-14-20(35(22)9-6-31-24)19-15-34(8-5-25(38,39)40)33-21(19)26(27,28)29/h3-4,6,9,13-15,36,38-40H,2,5,7-8,10-12H2,1H3,(H,30,37). The number of aliphatic hydroxyl groups excluding tert-OH is 1. The first kappa shape index (κ1) is 30.9. The Labute approximate surface area is 236 Å². The zero-order valence-electron chi connectivity index (χ0n) is 22.4. The lowest BCUT2D eigenvalue weighted by molar-refractivity contribution is -0.315. The molecule has 0 saturated carbocycles. The van der Waals surface area contributed by atoms with Gasteiger partial charge in [0.15, 0.2) is 5.69 Å². The molecule has 0 aliphatic rings. The Bertz CT molecular complexity index is 1530. The van der Waals surface area contributed by atoms with Gasteiger partial charge < -0.3 is 35.2 Å². The molecule has 0 spiro atoms. The number of benzene rings is 1. The fourth-order valence-electron chi connectivity index (χ4n) is 4.12. The maximum atomic E-state index is 13.8. The van der Waals surface area contributed by atoms with Crippen molar-refractivity contribution in [2.24, 2.45) is 0 Å². The van der Waals surface area contributed by atoms with Gasteiger partial charge in [0.2, 0.25) is 5.65 Å². The number of carbonyl (C=O) groups is 1. The lowest BCUT2D eigenvalue weighted by atomic mass is 10.0. The van der Waals surface area contributed by atoms with Crippen LogP contribution in [0.25, 0.3) is 16.9 Å². The van der Waals surface area contributed by atoms with E-state index >= 15 is 0 Å². The van der Waals surface area contributed by atoms with E-state index in [-0.39, 0.29) is 55.1 Å². The molecular weight excluding hydrogens is 565 g/mol. The van der Waals surface area contributed by atoms with Gasteiger partial charge in [0.25, 0.3) is 17.8 Å². The number of fused-ring (bicyclic) bond motifs is 1. The minimum absolute atomic E-state index is 0.00406. The van der Waals surface area contributed by atoms with Crippen molar-refractivity contribution in [1.29, 1.82) is 0 Å². The van der Waals surface area contributed by atoms with Gasteiger partial charge in [-0.25, -0.2) is 9.97 Å². The number of ether oxygens (including phenoxy) is 2. The van der Waals surface area contributed by atoms with Gasteiger partial charge in [-0.2, -0.15) is 18.3 Å². The van der Waals surface area contributed by atoms with Gasteiger partial charge in [0, 0.05) is 43.7 Å². The van der Waals surface area contributed by atoms with Crippen LogP contribution in [0.4, 0.5) is 13.2 Å². The Kier molecular flexibility index (Phi) is 9.43. The van der Waals surface area contributed by atoms with Gasteiger partial charge in [0.1, 0.15) is 5.75 Å². The number of aliphatic hydroxyl groups is 4. The number of hydrogen-bond donors (Lipinski definition) is 5. The topological polar surface area (TPSA) is 176 Å². The molecule has 0 bridgehead atoms. The normalized spacial score (nSPS) is 12.2. The van der Waals surface area contributed by atoms with Crippen LogP contribution in [0.15, 0.2) is 43.0 Å². The van der Waals surface area contributed by atoms with Crippen molar-refractivity contribution in [2.45, 2.75) is 38.5 Å². The number of imidazole rings is 1. The Morgan fingerprint density at radius 3 is 2.62 bits per heavy atom. The van der Waals surface area contributed by atoms with Gasteiger partial charge >= 0.3 is 6.18 Å². The summed E-state index contributed by atoms with van der Waals surface area (Å²) in [5.74, 6) is -3.06. The van der Waals surface area contributed by atoms with E-state index in [4.69, 9.17) is 29.9 Å². The summed E-state index contributed by atoms with van der Waals surface area (Å²) in [5.41, 5.74) is -0.336. The number of halogens is 3. The highest BCUT2D eigenvalue weighted by Gasteiger charge is 2.38. The number of alkyl halides is 3. The lowest BCUT2D eigenvalue weighted by Gasteiger charge is -2.13. The number of nitrogens with one attached hydrogen (secondary N) is 1. The van der Waals surface area contributed by atoms with E-state index in [0.717, 1.165) is 10.9 Å². The summed E-state index contributed by atoms with van der Waals surface area (Å²) in [5, 5.41) is 42.3. The molecular formula is C26H29F3N6O7. The largest absolute Gasteiger partial charge is 0.436 e. The van der Waals surface area contributed by atoms with E-state index in [1.807, 2.05) is 6.92 Å². The number of amides is 1. The van der Waals surface area contributed by atoms with Crippen LogP contribution in [-0.2, 0) is 23.9 Å². The van der Waals surface area contributed by atoms with Gasteiger partial charge in [-0.15, -0.1) is 0 Å². The third kappa shape index (κ3) is 7.40. The highest BCUT2D eigenvalue weighted by atomic mass is 19.4. The van der Waals surface area contributed by atoms with Crippen molar-refractivity contribution in [3.63, 3.8) is 0 Å². The fraction of sp³-hybridized carbons (Fsp3) is 0.385. The second kappa shape index (κ2) is 12.8. The minimum atomic E-state index is -4.84. The maximum Gasteiger partial charge on any atom is 0.435 e. The Morgan fingerprint density at radius 2 is 1.93 bits per heavy atom. The summed E-state index contributed by atoms with van der Waals surface area (Å²) in [6, 6.07) is 4.79. The molecule has 5 N–H and O–H groups in total. The van der Waals surface area contributed by atoms with Crippen molar-refractivity contribution in [2.75, 3.05) is 26.4 Å². The number of aromatic nitrogens is 5. The molecule has 3 aromatic heterocycles. The second-order valence-corrected chi connectivity index (χ2v) is 9.11. The molecule has 0 saturated heterocycles. The smallest absolute Gasteiger partial charge is 0.435 e. The summed E-state index contributed by atoms with van der Waals surface area (Å²) >= 11 is 0. The molecule has 16 heteroatoms. The van der Waals surface area contributed by atoms with E-state index in [2.05, 4.69) is 20.4 Å². The van der Waals surface area contributed by atoms with Gasteiger partial charge in [-0.3, -0.25) is 13.9 Å². The number of rotatable bonds is 13. The van der Waals surface area contributed by atoms with Crippen LogP contribution in [0.5, 0.6) is 11.6 Å². The molecule has 1 aromatic carbocycles. The molecule has 4 rings (SSSR count). The maximum absolute atomic E-state index is 13.8. The third-order valence-electron chi connectivity index (χ3n) is 6.06. The summed E-state index contributed by atoms with van der Waals surface area (Å²) in [6.07, 6.45) is -0.0381. The fourth-order valence-corrected chi connectivity index (χ4v) is 4.12. The lowest BCUT2D eigenvalue weighted by Crippen LogP contribution is -2.28. The van der Waals surface area contributed by atoms with Crippen molar-refractivity contribution >= 4 is 11.6 Å². The minimum Gasteiger partial charge on any atom is -0.436 e. The summed E-state index contributed by atoms with van der Waals surface area (Å²) < 4.78 is 54.8. The van der Waals surface area contributed by atoms with Crippen LogP contribution in [0, 0.1) is 0 Å². The Morgan fingerprint density at radius 1 is 1.14 bits per heavy atom. The number of carbonyl (C=O) groups excluding carboxylic acids is 1. The molecule has 0 radical (unpaired) electrons. The first-order valence-corrected chi connectivity index (χ1v) is 12.8. The second-order valence-electron chi connectivity index (χ2n) is 9.11. The number of nitrogens with zero attached hydrogens (tertiary/aromatic N) is 5. The van der Waals surface area contributed by atoms with Crippen LogP contribution >= 0.6 is 0 Å². The molecule has 4 aromatic rings. The van der Waals surface area contributed by atoms with Gasteiger partial charge in [0.05, 0.1) is 37.3 Å². The SMILES string of the molecule is CCc1cc(Oc2nccn3c(-c4cn(CCC(O)(O)O)nc4C(F)(F)F)cnc23)ccc1C(=O)NCCOCCO. The van der Waals surface area contributed by atoms with Crippen LogP contribution in [0.1, 0.15) is 35.0 Å². The van der Waals surface area contributed by atoms with Crippen LogP contribution in [-0.4, -0.2) is 82.8 Å². The highest BCUT2D eigenvalue weighted by molar-refractivity contribution is 5.95. The zero-order valence-corrected chi connectivity index (χ0v) is 22.4. The third-order valence-corrected chi connectivity index (χ3v) is 6.06. The molecule has 226 valence electrons. The van der Waals surface area contributed by atoms with Crippen molar-refractivity contribution in [3.05, 3.63) is 59.8 Å². The van der Waals surface area contributed by atoms with E-state index in [1.165, 1.54) is 23.0 Å². The molecule has 0 fully saturated rings. The molecule has 0 aliphatic heterocycles. The molecule has 42 heavy (non-hydrogen) atoms. The molecule has 0 atom stereocenters. The zero-order chi connectivity index (χ0) is 30.5. The molecule has 13 nitrogen and oxygen atoms in total. The van der Waals surface area contributed by atoms with Crippen molar-refractivity contribution < 1.29 is 47.9 Å². The molecule has 0 aliphatic carbocycles. The molecule has 1 amide bonds. The summed E-state index contributed by atoms with van der Waals surface area (Å²) in [6.45, 7) is 2.02. The van der Waals surface area contributed by atoms with E-state index in [0.29, 0.717) is 23.3 Å². The highest BCUT2D eigenvalue weighted by Crippen LogP contribution is 2.37. The molecule has 0 unspecified atom stereocenters. The van der Waals surface area contributed by atoms with Crippen LogP contribution in [0.2, 0.25) is 0 Å². The average Bonchev–Trinajstić information content (AvgIpc) is 3.56. The quantitative estimate of drug-likeness (QED) is 0.113. The Balaban J connectivity index is 1.59. The summed E-state index contributed by atoms with van der Waals surface area (Å²) in [7, 11) is 0. The number of hydrogen-bond acceptors (Lipinski definition) is 10. The van der Waals surface area contributed by atoms with Gasteiger partial charge in [-0.1, -0.05) is 6.92 Å². The van der Waals surface area contributed by atoms with Gasteiger partial charge in [-0.05, 0) is 30.2 Å². The van der Waals surface area contributed by atoms with Crippen LogP contribution in [0.3, 0.4) is 0 Å².